The molecule has 0 radical (unpaired) electrons. The molecule has 0 fully saturated rings. The Balaban J connectivity index is 2.21. The summed E-state index contributed by atoms with van der Waals surface area (Å²) in [4.78, 5) is 13.5. The van der Waals surface area contributed by atoms with Crippen LogP contribution < -0.4 is 4.90 Å². The monoisotopic (exact) mass is 314 g/mol. The van der Waals surface area contributed by atoms with Crippen molar-refractivity contribution < 1.29 is 4.79 Å². The van der Waals surface area contributed by atoms with Crippen LogP contribution in [0, 0.1) is 18.3 Å². The Labute approximate surface area is 133 Å². The van der Waals surface area contributed by atoms with Gasteiger partial charge in [0, 0.05) is 37.3 Å². The van der Waals surface area contributed by atoms with Crippen molar-refractivity contribution in [1.29, 1.82) is 5.26 Å². The Morgan fingerprint density at radius 2 is 2.05 bits per heavy atom. The molecule has 1 aromatic carbocycles. The van der Waals surface area contributed by atoms with Crippen molar-refractivity contribution in [3.8, 4) is 17.3 Å². The molecule has 5 nitrogen and oxygen atoms in total. The number of anilines is 1. The maximum Gasteiger partial charge on any atom is 0.227 e. The second-order valence-corrected chi connectivity index (χ2v) is 5.88. The Morgan fingerprint density at radius 3 is 2.68 bits per heavy atom. The lowest BCUT2D eigenvalue weighted by Gasteiger charge is -2.26. The number of hydrogen-bond donors (Lipinski definition) is 0. The maximum atomic E-state index is 11.9. The van der Waals surface area contributed by atoms with Gasteiger partial charge in [0.15, 0.2) is 0 Å². The maximum absolute atomic E-state index is 11.9. The quantitative estimate of drug-likeness (QED) is 0.813. The first kappa shape index (κ1) is 14.6. The number of nitriles is 1. The number of nitrogens with zero attached hydrogens (tertiary/aromatic N) is 4. The van der Waals surface area contributed by atoms with Crippen LogP contribution in [0.3, 0.4) is 0 Å². The second kappa shape index (κ2) is 5.15. The molecule has 0 N–H and O–H groups in total. The number of benzene rings is 1. The summed E-state index contributed by atoms with van der Waals surface area (Å²) >= 11 is 6.42. The molecule has 1 aliphatic rings. The van der Waals surface area contributed by atoms with Crippen molar-refractivity contribution in [1.82, 2.24) is 9.78 Å². The highest BCUT2D eigenvalue weighted by Gasteiger charge is 2.24. The van der Waals surface area contributed by atoms with Crippen LogP contribution >= 0.6 is 11.6 Å². The normalized spacial score (nSPS) is 14.0. The molecule has 0 saturated carbocycles. The fourth-order valence-corrected chi connectivity index (χ4v) is 3.16. The first-order valence-corrected chi connectivity index (χ1v) is 7.35. The first-order valence-electron chi connectivity index (χ1n) is 6.97. The summed E-state index contributed by atoms with van der Waals surface area (Å²) in [5, 5.41) is 14.2. The number of aromatic nitrogens is 2. The van der Waals surface area contributed by atoms with Crippen LogP contribution in [-0.4, -0.2) is 22.7 Å². The average molecular weight is 315 g/mol. The van der Waals surface area contributed by atoms with E-state index in [2.05, 4.69) is 11.2 Å². The van der Waals surface area contributed by atoms with Crippen molar-refractivity contribution in [3.63, 3.8) is 0 Å². The minimum Gasteiger partial charge on any atom is -0.315 e. The number of carbonyl (C=O) groups excluding carboxylic acids is 1. The predicted molar refractivity (Wildman–Crippen MR) is 84.8 cm³/mol. The molecule has 1 aromatic heterocycles. The zero-order chi connectivity index (χ0) is 16.0. The van der Waals surface area contributed by atoms with Crippen LogP contribution in [0.25, 0.3) is 11.3 Å². The molecule has 0 unspecified atom stereocenters. The van der Waals surface area contributed by atoms with Gasteiger partial charge >= 0.3 is 0 Å². The van der Waals surface area contributed by atoms with E-state index in [1.54, 1.807) is 23.7 Å². The Morgan fingerprint density at radius 1 is 1.32 bits per heavy atom. The van der Waals surface area contributed by atoms with Gasteiger partial charge in [0.2, 0.25) is 5.91 Å². The molecule has 112 valence electrons. The van der Waals surface area contributed by atoms with Crippen molar-refractivity contribution in [2.45, 2.75) is 19.8 Å². The van der Waals surface area contributed by atoms with E-state index in [1.165, 1.54) is 0 Å². The van der Waals surface area contributed by atoms with Gasteiger partial charge in [-0.25, -0.2) is 0 Å². The number of carbonyl (C=O) groups is 1. The third-order valence-electron chi connectivity index (χ3n) is 4.16. The van der Waals surface area contributed by atoms with Crippen LogP contribution in [0.5, 0.6) is 0 Å². The molecular weight excluding hydrogens is 300 g/mol. The van der Waals surface area contributed by atoms with Gasteiger partial charge in [-0.3, -0.25) is 9.48 Å². The Bertz CT molecular complexity index is 832. The lowest BCUT2D eigenvalue weighted by atomic mass is 9.97. The highest BCUT2D eigenvalue weighted by Crippen LogP contribution is 2.38. The van der Waals surface area contributed by atoms with Gasteiger partial charge < -0.3 is 4.90 Å². The SMILES string of the molecule is Cc1c(-c2cc3c(cc2Cl)CCC(=O)N3C)nn(C)c1C#N. The standard InChI is InChI=1S/C16H15ClN4O/c1-9-14(8-18)21(3)19-16(9)11-7-13-10(6-12(11)17)4-5-15(22)20(13)2/h6-7H,4-5H2,1-3H3. The van der Waals surface area contributed by atoms with Crippen LogP contribution in [0.15, 0.2) is 12.1 Å². The van der Waals surface area contributed by atoms with Gasteiger partial charge in [0.1, 0.15) is 11.8 Å². The molecule has 0 aliphatic carbocycles. The predicted octanol–water partition coefficient (Wildman–Crippen LogP) is 2.83. The molecule has 0 saturated heterocycles. The summed E-state index contributed by atoms with van der Waals surface area (Å²) in [6.45, 7) is 1.85. The van der Waals surface area contributed by atoms with E-state index in [-0.39, 0.29) is 5.91 Å². The van der Waals surface area contributed by atoms with Gasteiger partial charge in [-0.05, 0) is 31.0 Å². The lowest BCUT2D eigenvalue weighted by molar-refractivity contribution is -0.118. The van der Waals surface area contributed by atoms with E-state index in [4.69, 9.17) is 11.6 Å². The third kappa shape index (κ3) is 2.08. The fourth-order valence-electron chi connectivity index (χ4n) is 2.88. The van der Waals surface area contributed by atoms with Crippen LogP contribution in [0.4, 0.5) is 5.69 Å². The Kier molecular flexibility index (Phi) is 3.42. The van der Waals surface area contributed by atoms with Crippen molar-refractivity contribution in [2.75, 3.05) is 11.9 Å². The molecule has 1 amide bonds. The molecule has 0 bridgehead atoms. The summed E-state index contributed by atoms with van der Waals surface area (Å²) in [7, 11) is 3.50. The van der Waals surface area contributed by atoms with Gasteiger partial charge in [0.05, 0.1) is 10.7 Å². The molecule has 2 aromatic rings. The minimum absolute atomic E-state index is 0.0937. The van der Waals surface area contributed by atoms with E-state index in [9.17, 15) is 10.1 Å². The van der Waals surface area contributed by atoms with E-state index in [1.807, 2.05) is 19.1 Å². The number of rotatable bonds is 1. The molecule has 22 heavy (non-hydrogen) atoms. The highest BCUT2D eigenvalue weighted by atomic mass is 35.5. The zero-order valence-corrected chi connectivity index (χ0v) is 13.4. The molecule has 2 heterocycles. The number of hydrogen-bond acceptors (Lipinski definition) is 3. The fraction of sp³-hybridized carbons (Fsp3) is 0.312. The van der Waals surface area contributed by atoms with Crippen molar-refractivity contribution in [3.05, 3.63) is 34.0 Å². The van der Waals surface area contributed by atoms with Crippen LogP contribution in [0.1, 0.15) is 23.2 Å². The van der Waals surface area contributed by atoms with E-state index >= 15 is 0 Å². The van der Waals surface area contributed by atoms with Gasteiger partial charge in [0.25, 0.3) is 0 Å². The molecular formula is C16H15ClN4O. The van der Waals surface area contributed by atoms with Crippen molar-refractivity contribution >= 4 is 23.2 Å². The summed E-state index contributed by atoms with van der Waals surface area (Å²) in [6, 6.07) is 5.94. The summed E-state index contributed by atoms with van der Waals surface area (Å²) in [6.07, 6.45) is 1.20. The first-order chi connectivity index (χ1) is 10.4. The van der Waals surface area contributed by atoms with Crippen molar-refractivity contribution in [2.24, 2.45) is 7.05 Å². The number of amides is 1. The minimum atomic E-state index is 0.0937. The van der Waals surface area contributed by atoms with E-state index in [0.29, 0.717) is 29.3 Å². The summed E-state index contributed by atoms with van der Waals surface area (Å²) in [5.41, 5.74) is 4.64. The van der Waals surface area contributed by atoms with E-state index < -0.39 is 0 Å². The molecule has 1 aliphatic heterocycles. The molecule has 3 rings (SSSR count). The zero-order valence-electron chi connectivity index (χ0n) is 12.6. The summed E-state index contributed by atoms with van der Waals surface area (Å²) < 4.78 is 1.55. The number of fused-ring (bicyclic) bond motifs is 1. The number of aryl methyl sites for hydroxylation is 2. The van der Waals surface area contributed by atoms with Crippen LogP contribution in [-0.2, 0) is 18.3 Å². The molecule has 0 atom stereocenters. The lowest BCUT2D eigenvalue weighted by Crippen LogP contribution is -2.31. The smallest absolute Gasteiger partial charge is 0.227 e. The Hall–Kier alpha value is -2.32. The molecule has 6 heteroatoms. The van der Waals surface area contributed by atoms with Gasteiger partial charge in [-0.1, -0.05) is 11.6 Å². The molecule has 0 spiro atoms. The average Bonchev–Trinajstić information content (AvgIpc) is 2.77. The summed E-state index contributed by atoms with van der Waals surface area (Å²) in [5.74, 6) is 0.0937. The van der Waals surface area contributed by atoms with Crippen LogP contribution in [0.2, 0.25) is 5.02 Å². The number of halogens is 1. The third-order valence-corrected chi connectivity index (χ3v) is 4.47. The second-order valence-electron chi connectivity index (χ2n) is 5.47. The van der Waals surface area contributed by atoms with Gasteiger partial charge in [-0.2, -0.15) is 10.4 Å². The highest BCUT2D eigenvalue weighted by molar-refractivity contribution is 6.33. The topological polar surface area (TPSA) is 61.9 Å². The van der Waals surface area contributed by atoms with E-state index in [0.717, 1.165) is 22.4 Å². The largest absolute Gasteiger partial charge is 0.315 e. The van der Waals surface area contributed by atoms with Gasteiger partial charge in [-0.15, -0.1) is 0 Å².